The third-order valence-electron chi connectivity index (χ3n) is 5.34. The van der Waals surface area contributed by atoms with Crippen LogP contribution in [-0.4, -0.2) is 21.9 Å². The van der Waals surface area contributed by atoms with E-state index in [-0.39, 0.29) is 17.3 Å². The Balaban J connectivity index is 1.55. The van der Waals surface area contributed by atoms with Crippen LogP contribution < -0.4 is 16.0 Å². The van der Waals surface area contributed by atoms with Gasteiger partial charge in [-0.25, -0.2) is 9.97 Å². The van der Waals surface area contributed by atoms with Gasteiger partial charge in [0.2, 0.25) is 0 Å². The largest absolute Gasteiger partial charge is 0.416 e. The van der Waals surface area contributed by atoms with Gasteiger partial charge in [0.05, 0.1) is 15.8 Å². The van der Waals surface area contributed by atoms with Crippen molar-refractivity contribution in [3.63, 3.8) is 0 Å². The monoisotopic (exact) mass is 511 g/mol. The van der Waals surface area contributed by atoms with Gasteiger partial charge in [-0.1, -0.05) is 18.7 Å². The number of aromatic nitrogens is 2. The highest BCUT2D eigenvalue weighted by molar-refractivity contribution is 7.18. The van der Waals surface area contributed by atoms with Gasteiger partial charge in [0.1, 0.15) is 12.1 Å². The average molecular weight is 512 g/mol. The minimum atomic E-state index is -4.50. The summed E-state index contributed by atoms with van der Waals surface area (Å²) in [6.07, 6.45) is -3.00. The smallest absolute Gasteiger partial charge is 0.367 e. The number of carbonyl (C=O) groups excluding carboxylic acids is 1. The first kappa shape index (κ1) is 25.2. The molecule has 186 valence electrons. The molecule has 0 saturated carbocycles. The van der Waals surface area contributed by atoms with Gasteiger partial charge in [-0.05, 0) is 56.7 Å². The second-order valence-electron chi connectivity index (χ2n) is 8.51. The molecule has 4 aromatic rings. The molecule has 0 radical (unpaired) electrons. The molecule has 0 aliphatic rings. The molecular formula is C26H24F3N5OS. The number of alkyl halides is 3. The van der Waals surface area contributed by atoms with Gasteiger partial charge in [-0.3, -0.25) is 4.79 Å². The zero-order chi connectivity index (χ0) is 26.0. The van der Waals surface area contributed by atoms with Crippen LogP contribution >= 0.6 is 11.3 Å². The average Bonchev–Trinajstić information content (AvgIpc) is 3.25. The summed E-state index contributed by atoms with van der Waals surface area (Å²) < 4.78 is 39.9. The zero-order valence-electron chi connectivity index (χ0n) is 19.8. The number of carbonyl (C=O) groups is 1. The molecule has 2 aromatic carbocycles. The molecule has 6 nitrogen and oxygen atoms in total. The van der Waals surface area contributed by atoms with E-state index in [1.54, 1.807) is 18.2 Å². The van der Waals surface area contributed by atoms with E-state index >= 15 is 0 Å². The van der Waals surface area contributed by atoms with Crippen LogP contribution in [-0.2, 0) is 6.18 Å². The summed E-state index contributed by atoms with van der Waals surface area (Å²) in [6, 6.07) is 9.74. The highest BCUT2D eigenvalue weighted by atomic mass is 32.1. The van der Waals surface area contributed by atoms with Gasteiger partial charge in [0, 0.05) is 39.6 Å². The normalized spacial score (nSPS) is 11.5. The van der Waals surface area contributed by atoms with Crippen molar-refractivity contribution in [1.29, 1.82) is 0 Å². The fourth-order valence-corrected chi connectivity index (χ4v) is 4.53. The van der Waals surface area contributed by atoms with Crippen LogP contribution in [0.25, 0.3) is 15.9 Å². The number of anilines is 3. The van der Waals surface area contributed by atoms with Crippen molar-refractivity contribution in [1.82, 2.24) is 9.97 Å². The number of fused-ring (bicyclic) bond motifs is 1. The Morgan fingerprint density at radius 3 is 2.58 bits per heavy atom. The summed E-state index contributed by atoms with van der Waals surface area (Å²) in [5.41, 5.74) is 3.18. The van der Waals surface area contributed by atoms with Crippen molar-refractivity contribution in [2.45, 2.75) is 33.0 Å². The van der Waals surface area contributed by atoms with Gasteiger partial charge >= 0.3 is 6.18 Å². The van der Waals surface area contributed by atoms with E-state index in [2.05, 4.69) is 32.5 Å². The maximum atomic E-state index is 13.0. The summed E-state index contributed by atoms with van der Waals surface area (Å²) in [4.78, 5) is 21.5. The van der Waals surface area contributed by atoms with Crippen molar-refractivity contribution in [2.24, 2.45) is 0 Å². The fraction of sp³-hybridized carbons (Fsp3) is 0.192. The Kier molecular flexibility index (Phi) is 6.98. The molecule has 4 rings (SSSR count). The van der Waals surface area contributed by atoms with E-state index in [0.717, 1.165) is 39.3 Å². The zero-order valence-corrected chi connectivity index (χ0v) is 20.6. The Morgan fingerprint density at radius 1 is 1.08 bits per heavy atom. The standard InChI is InChI=1S/C26H24F3N5OS/c1-14(2)32-24-23-22(30-13-31-24)20(12-36-23)16(4)33-21-10-17(9-8-15(21)3)25(35)34-19-7-5-6-18(11-19)26(27,28)29/h5-14,33H,4H2,1-3H3,(H,34,35)(H,30,31,32). The molecule has 0 saturated heterocycles. The van der Waals surface area contributed by atoms with Crippen molar-refractivity contribution in [3.8, 4) is 0 Å². The lowest BCUT2D eigenvalue weighted by atomic mass is 10.1. The van der Waals surface area contributed by atoms with E-state index in [1.165, 1.54) is 29.8 Å². The van der Waals surface area contributed by atoms with Crippen LogP contribution in [0.4, 0.5) is 30.4 Å². The molecule has 3 N–H and O–H groups in total. The SMILES string of the molecule is C=C(Nc1cc(C(=O)Nc2cccc(C(F)(F)F)c2)ccc1C)c1csc2c(NC(C)C)ncnc12. The molecule has 10 heteroatoms. The van der Waals surface area contributed by atoms with Crippen LogP contribution in [0, 0.1) is 6.92 Å². The van der Waals surface area contributed by atoms with Crippen LogP contribution in [0.5, 0.6) is 0 Å². The van der Waals surface area contributed by atoms with Gasteiger partial charge in [-0.2, -0.15) is 13.2 Å². The molecule has 0 unspecified atom stereocenters. The Labute approximate surface area is 210 Å². The number of hydrogen-bond acceptors (Lipinski definition) is 6. The quantitative estimate of drug-likeness (QED) is 0.245. The second-order valence-corrected chi connectivity index (χ2v) is 9.39. The van der Waals surface area contributed by atoms with E-state index in [0.29, 0.717) is 11.4 Å². The second kappa shape index (κ2) is 9.98. The van der Waals surface area contributed by atoms with E-state index < -0.39 is 17.6 Å². The number of thiophene rings is 1. The molecule has 0 fully saturated rings. The molecule has 0 atom stereocenters. The minimum absolute atomic E-state index is 0.0598. The summed E-state index contributed by atoms with van der Waals surface area (Å²) in [7, 11) is 0. The molecule has 2 heterocycles. The molecule has 0 spiro atoms. The van der Waals surface area contributed by atoms with Gasteiger partial charge < -0.3 is 16.0 Å². The number of nitrogens with zero attached hydrogens (tertiary/aromatic N) is 2. The molecule has 2 aromatic heterocycles. The lowest BCUT2D eigenvalue weighted by molar-refractivity contribution is -0.137. The van der Waals surface area contributed by atoms with E-state index in [4.69, 9.17) is 0 Å². The van der Waals surface area contributed by atoms with E-state index in [1.807, 2.05) is 26.2 Å². The number of rotatable bonds is 7. The highest BCUT2D eigenvalue weighted by Crippen LogP contribution is 2.34. The van der Waals surface area contributed by atoms with Crippen LogP contribution in [0.1, 0.15) is 40.9 Å². The van der Waals surface area contributed by atoms with Crippen molar-refractivity contribution < 1.29 is 18.0 Å². The third-order valence-corrected chi connectivity index (χ3v) is 6.31. The lowest BCUT2D eigenvalue weighted by Gasteiger charge is -2.14. The van der Waals surface area contributed by atoms with Crippen LogP contribution in [0.15, 0.2) is 60.8 Å². The highest BCUT2D eigenvalue weighted by Gasteiger charge is 2.30. The van der Waals surface area contributed by atoms with Crippen molar-refractivity contribution >= 4 is 50.4 Å². The van der Waals surface area contributed by atoms with Crippen molar-refractivity contribution in [3.05, 3.63) is 83.0 Å². The topological polar surface area (TPSA) is 78.9 Å². The number of amides is 1. The number of hydrogen-bond donors (Lipinski definition) is 3. The van der Waals surface area contributed by atoms with E-state index in [9.17, 15) is 18.0 Å². The predicted molar refractivity (Wildman–Crippen MR) is 139 cm³/mol. The van der Waals surface area contributed by atoms with Crippen molar-refractivity contribution in [2.75, 3.05) is 16.0 Å². The summed E-state index contributed by atoms with van der Waals surface area (Å²) in [5, 5.41) is 11.0. The molecule has 0 aliphatic carbocycles. The Morgan fingerprint density at radius 2 is 1.86 bits per heavy atom. The molecular weight excluding hydrogens is 487 g/mol. The summed E-state index contributed by atoms with van der Waals surface area (Å²) in [5.74, 6) is 0.226. The first-order valence-corrected chi connectivity index (χ1v) is 11.9. The molecule has 1 amide bonds. The maximum Gasteiger partial charge on any atom is 0.416 e. The number of halogens is 3. The first-order chi connectivity index (χ1) is 17.0. The maximum absolute atomic E-state index is 13.0. The summed E-state index contributed by atoms with van der Waals surface area (Å²) in [6.45, 7) is 10.1. The molecule has 0 bridgehead atoms. The van der Waals surface area contributed by atoms with Crippen LogP contribution in [0.2, 0.25) is 0 Å². The molecule has 36 heavy (non-hydrogen) atoms. The lowest BCUT2D eigenvalue weighted by Crippen LogP contribution is -2.14. The Bertz CT molecular complexity index is 1450. The summed E-state index contributed by atoms with van der Waals surface area (Å²) >= 11 is 1.51. The third kappa shape index (κ3) is 5.49. The molecule has 0 aliphatic heterocycles. The van der Waals surface area contributed by atoms with Gasteiger partial charge in [0.25, 0.3) is 5.91 Å². The minimum Gasteiger partial charge on any atom is -0.367 e. The number of benzene rings is 2. The van der Waals surface area contributed by atoms with Gasteiger partial charge in [-0.15, -0.1) is 11.3 Å². The van der Waals surface area contributed by atoms with Gasteiger partial charge in [0.15, 0.2) is 0 Å². The van der Waals surface area contributed by atoms with Crippen LogP contribution in [0.3, 0.4) is 0 Å². The number of aryl methyl sites for hydroxylation is 1. The Hall–Kier alpha value is -3.92. The number of nitrogens with one attached hydrogen (secondary N) is 3. The predicted octanol–water partition coefficient (Wildman–Crippen LogP) is 7.17. The fourth-order valence-electron chi connectivity index (χ4n) is 3.55. The first-order valence-electron chi connectivity index (χ1n) is 11.1.